The van der Waals surface area contributed by atoms with Gasteiger partial charge in [-0.15, -0.1) is 0 Å². The number of ether oxygens (including phenoxy) is 6. The highest BCUT2D eigenvalue weighted by molar-refractivity contribution is 5.86. The first kappa shape index (κ1) is 83.5. The van der Waals surface area contributed by atoms with Crippen LogP contribution in [0.5, 0.6) is 0 Å². The molecule has 0 unspecified atom stereocenters. The van der Waals surface area contributed by atoms with Crippen LogP contribution >= 0.6 is 0 Å². The van der Waals surface area contributed by atoms with Crippen LogP contribution in [0.4, 0.5) is 9.59 Å². The minimum Gasteiger partial charge on any atom is -0.481 e. The molecule has 9 rings (SSSR count). The molecule has 2 fully saturated rings. The zero-order valence-corrected chi connectivity index (χ0v) is 61.3. The third-order valence-electron chi connectivity index (χ3n) is 20.8. The Labute approximate surface area is 629 Å². The van der Waals surface area contributed by atoms with E-state index in [2.05, 4.69) is 16.0 Å². The van der Waals surface area contributed by atoms with Gasteiger partial charge in [0.1, 0.15) is 43.5 Å². The standard InChI is InChI=1S/C83H105N3O22/c1-49-27-15-13-11-9-7-5-6-8-10-12-14-16-28-56(44-71-73(79(98)99)70(92)46-83(102,108-71)45-69(91)68(90)39-38-53(87)41-54(88)42-55(89)43-72(93)105-51(3)50(2)75(49)94)107-80-77(96)74(76(95)52(4)106-80)86-78(97)67(85-82(101)104-48-66-63-35-23-19-31-59(63)60-32-20-24-36-64(60)66)37-25-26-40-84-81(100)103-47-65-61-33-21-17-29-57(61)58-30-18-22-34-62(58)65/h5-24,27-36,49-56,65-71,73-77,80,87-92,94-96,102H,25-26,37-48H2,1-4H3,(H,84,100)(H,85,101)(H,86,97)(H,98,99)/b6-5+,9-7+,10-8+,13-11+,14-12+,27-15+,28-16+/t49-,50-,51-,52+,53+,54+,55+,56-,67-,68+,69+,70-,71-,73+,74-,75+,76+,77-,80-,83+/m0/s1. The average Bonchev–Trinajstić information content (AvgIpc) is 1.62. The Morgan fingerprint density at radius 2 is 1.06 bits per heavy atom. The van der Waals surface area contributed by atoms with Crippen molar-refractivity contribution in [3.8, 4) is 22.3 Å². The van der Waals surface area contributed by atoms with Gasteiger partial charge in [0, 0.05) is 49.5 Å². The number of esters is 1. The summed E-state index contributed by atoms with van der Waals surface area (Å²) in [4.78, 5) is 67.8. The number of nitrogens with one attached hydrogen (secondary N) is 3. The highest BCUT2D eigenvalue weighted by Gasteiger charge is 2.52. The quantitative estimate of drug-likeness (QED) is 0.0311. The summed E-state index contributed by atoms with van der Waals surface area (Å²) in [6.45, 7) is 6.76. The molecule has 0 saturated carbocycles. The van der Waals surface area contributed by atoms with Gasteiger partial charge in [-0.25, -0.2) is 9.59 Å². The number of benzene rings is 4. The summed E-state index contributed by atoms with van der Waals surface area (Å²) in [5, 5.41) is 132. The molecule has 2 bridgehead atoms. The summed E-state index contributed by atoms with van der Waals surface area (Å²) < 4.78 is 35.8. The molecule has 0 aromatic heterocycles. The van der Waals surface area contributed by atoms with Crippen molar-refractivity contribution >= 4 is 30.0 Å². The van der Waals surface area contributed by atoms with Crippen LogP contribution in [0.15, 0.2) is 182 Å². The van der Waals surface area contributed by atoms with Crippen molar-refractivity contribution in [2.24, 2.45) is 17.8 Å². The third-order valence-corrected chi connectivity index (χ3v) is 20.8. The van der Waals surface area contributed by atoms with Crippen LogP contribution in [-0.2, 0) is 42.8 Å². The van der Waals surface area contributed by atoms with Crippen LogP contribution in [0.25, 0.3) is 22.3 Å². The Kier molecular flexibility index (Phi) is 31.1. The lowest BCUT2D eigenvalue weighted by Gasteiger charge is -2.45. The number of carbonyl (C=O) groups excluding carboxylic acids is 4. The van der Waals surface area contributed by atoms with Gasteiger partial charge in [0.25, 0.3) is 0 Å². The molecular weight excluding hydrogens is 1390 g/mol. The largest absolute Gasteiger partial charge is 0.481 e. The summed E-state index contributed by atoms with van der Waals surface area (Å²) in [6.07, 6.45) is -1.03. The predicted octanol–water partition coefficient (Wildman–Crippen LogP) is 7.49. The van der Waals surface area contributed by atoms with Crippen molar-refractivity contribution in [3.05, 3.63) is 204 Å². The number of aliphatic carboxylic acids is 1. The van der Waals surface area contributed by atoms with E-state index in [4.69, 9.17) is 28.4 Å². The van der Waals surface area contributed by atoms with Crippen molar-refractivity contribution in [3.63, 3.8) is 0 Å². The number of rotatable bonds is 15. The molecule has 25 heteroatoms. The second kappa shape index (κ2) is 40.3. The number of fused-ring (bicyclic) bond motifs is 8. The van der Waals surface area contributed by atoms with Crippen LogP contribution in [0, 0.1) is 17.8 Å². The number of aliphatic hydroxyl groups is 10. The number of carbonyl (C=O) groups is 5. The second-order valence-corrected chi connectivity index (χ2v) is 28.8. The van der Waals surface area contributed by atoms with Crippen molar-refractivity contribution in [2.75, 3.05) is 19.8 Å². The first-order chi connectivity index (χ1) is 51.8. The van der Waals surface area contributed by atoms with Crippen molar-refractivity contribution in [1.29, 1.82) is 0 Å². The molecule has 20 atom stereocenters. The number of unbranched alkanes of at least 4 members (excludes halogenated alkanes) is 1. The van der Waals surface area contributed by atoms with E-state index < -0.39 is 171 Å². The number of cyclic esters (lactones) is 1. The molecule has 2 aliphatic carbocycles. The maximum absolute atomic E-state index is 14.8. The lowest BCUT2D eigenvalue weighted by Crippen LogP contribution is -2.65. The second-order valence-electron chi connectivity index (χ2n) is 28.8. The van der Waals surface area contributed by atoms with Crippen LogP contribution in [-0.4, -0.2) is 209 Å². The van der Waals surface area contributed by atoms with Crippen molar-refractivity contribution < 1.29 is 109 Å². The fraction of sp³-hybridized carbons (Fsp3) is 0.482. The average molecular weight is 1500 g/mol. The molecule has 2 saturated heterocycles. The van der Waals surface area contributed by atoms with Gasteiger partial charge >= 0.3 is 24.1 Å². The Balaban J connectivity index is 0.902. The Morgan fingerprint density at radius 1 is 0.556 bits per heavy atom. The number of hydrogen-bond acceptors (Lipinski definition) is 21. The maximum atomic E-state index is 14.8. The first-order valence-electron chi connectivity index (χ1n) is 37.2. The topological polar surface area (TPSA) is 399 Å². The van der Waals surface area contributed by atoms with E-state index in [1.54, 1.807) is 86.8 Å². The number of allylic oxidation sites excluding steroid dienone is 12. The first-order valence-corrected chi connectivity index (χ1v) is 37.2. The number of alkyl carbamates (subject to hydrolysis) is 2. The van der Waals surface area contributed by atoms with Gasteiger partial charge in [-0.05, 0) is 103 Å². The lowest BCUT2D eigenvalue weighted by molar-refractivity contribution is -0.310. The number of hydrogen-bond donors (Lipinski definition) is 14. The van der Waals surface area contributed by atoms with E-state index in [-0.39, 0.29) is 76.0 Å². The fourth-order valence-electron chi connectivity index (χ4n) is 14.7. The molecule has 4 aromatic rings. The van der Waals surface area contributed by atoms with Crippen molar-refractivity contribution in [1.82, 2.24) is 16.0 Å². The zero-order valence-electron chi connectivity index (χ0n) is 61.3. The molecule has 0 spiro atoms. The molecular formula is C83H105N3O22. The van der Waals surface area contributed by atoms with E-state index >= 15 is 0 Å². The minimum atomic E-state index is -2.50. The normalized spacial score (nSPS) is 33.0. The van der Waals surface area contributed by atoms with E-state index in [1.807, 2.05) is 104 Å². The van der Waals surface area contributed by atoms with E-state index in [9.17, 15) is 80.1 Å². The Hall–Kier alpha value is -8.51. The molecule has 584 valence electrons. The highest BCUT2D eigenvalue weighted by Crippen LogP contribution is 2.46. The Morgan fingerprint density at radius 3 is 1.60 bits per heavy atom. The summed E-state index contributed by atoms with van der Waals surface area (Å²) >= 11 is 0. The van der Waals surface area contributed by atoms with Gasteiger partial charge in [-0.2, -0.15) is 0 Å². The molecule has 25 nitrogen and oxygen atoms in total. The number of aliphatic hydroxyl groups excluding tert-OH is 9. The van der Waals surface area contributed by atoms with E-state index in [1.165, 1.54) is 19.1 Å². The van der Waals surface area contributed by atoms with Crippen molar-refractivity contribution in [2.45, 2.75) is 214 Å². The van der Waals surface area contributed by atoms with Gasteiger partial charge in [-0.1, -0.05) is 196 Å². The SMILES string of the molecule is C[C@@H]1[C@H](O)[C@@H](C)/C=C/C=C/C=C/C=C/C=C/C=C/C=C/[C@H](O[C@@H]2O[C@H](C)[C@@H](O)[C@H](NC(=O)[C@H](CCCCNC(=O)OCC3c4ccccc4-c4ccccc43)NC(=O)OCC3c4ccccc4-c4ccccc43)[C@@H]2O)C[C@@H]2O[C@](O)(C[C@@H](O)[C@H](O)CC[C@@H](O)C[C@@H](O)C[C@@H](O)CC(=O)O[C@H]1C)C[C@H](O)[C@H]2C(=O)O. The molecule has 4 aromatic carbocycles. The molecule has 3 aliphatic heterocycles. The fourth-order valence-corrected chi connectivity index (χ4v) is 14.7. The van der Waals surface area contributed by atoms with Gasteiger partial charge in [-0.3, -0.25) is 14.4 Å². The lowest BCUT2D eigenvalue weighted by atomic mass is 9.82. The molecule has 108 heavy (non-hydrogen) atoms. The summed E-state index contributed by atoms with van der Waals surface area (Å²) in [5.74, 6) is -8.71. The van der Waals surface area contributed by atoms with Crippen LogP contribution < -0.4 is 16.0 Å². The van der Waals surface area contributed by atoms with Crippen LogP contribution in [0.1, 0.15) is 132 Å². The van der Waals surface area contributed by atoms with E-state index in [0.717, 1.165) is 44.5 Å². The van der Waals surface area contributed by atoms with E-state index in [0.29, 0.717) is 6.42 Å². The highest BCUT2D eigenvalue weighted by atomic mass is 16.7. The number of carboxylic acids is 1. The Bertz CT molecular complexity index is 3760. The third kappa shape index (κ3) is 23.0. The molecule has 5 aliphatic rings. The molecule has 3 amide bonds. The molecule has 0 radical (unpaired) electrons. The van der Waals surface area contributed by atoms with Crippen LogP contribution in [0.2, 0.25) is 0 Å². The summed E-state index contributed by atoms with van der Waals surface area (Å²) in [6, 6.07) is 28.6. The predicted molar refractivity (Wildman–Crippen MR) is 400 cm³/mol. The van der Waals surface area contributed by atoms with Gasteiger partial charge in [0.05, 0.1) is 73.5 Å². The number of amides is 3. The van der Waals surface area contributed by atoms with Gasteiger partial charge < -0.3 is 101 Å². The van der Waals surface area contributed by atoms with Gasteiger partial charge in [0.2, 0.25) is 5.91 Å². The molecule has 3 heterocycles. The monoisotopic (exact) mass is 1500 g/mol. The van der Waals surface area contributed by atoms with Gasteiger partial charge in [0.15, 0.2) is 12.1 Å². The summed E-state index contributed by atoms with van der Waals surface area (Å²) in [7, 11) is 0. The number of carboxylic acid groups (broad SMARTS) is 1. The minimum absolute atomic E-state index is 0.0264. The zero-order chi connectivity index (χ0) is 77.6. The maximum Gasteiger partial charge on any atom is 0.407 e. The summed E-state index contributed by atoms with van der Waals surface area (Å²) in [5.41, 5.74) is 8.15. The smallest absolute Gasteiger partial charge is 0.407 e. The van der Waals surface area contributed by atoms with Crippen LogP contribution in [0.3, 0.4) is 0 Å². The molecule has 14 N–H and O–H groups in total.